The zero-order chi connectivity index (χ0) is 33.4. The van der Waals surface area contributed by atoms with Crippen LogP contribution in [0.25, 0.3) is 21.8 Å². The molecule has 0 spiro atoms. The topological polar surface area (TPSA) is 219 Å². The minimum Gasteiger partial charge on any atom is -0.481 e. The van der Waals surface area contributed by atoms with Crippen LogP contribution in [0.3, 0.4) is 0 Å². The number of H-pyrrole nitrogens is 2. The van der Waals surface area contributed by atoms with E-state index in [9.17, 15) is 29.1 Å². The summed E-state index contributed by atoms with van der Waals surface area (Å²) in [5.41, 5.74) is 9.23. The molecule has 0 saturated carbocycles. The number of carboxylic acid groups (broad SMARTS) is 2. The summed E-state index contributed by atoms with van der Waals surface area (Å²) in [6, 6.07) is 10.1. The second kappa shape index (κ2) is 15.2. The molecule has 0 aliphatic rings. The first-order chi connectivity index (χ1) is 21.9. The predicted molar refractivity (Wildman–Crippen MR) is 172 cm³/mol. The molecule has 4 aromatic rings. The molecule has 244 valence electrons. The highest BCUT2D eigenvalue weighted by atomic mass is 16.4. The smallest absolute Gasteiger partial charge is 0.326 e. The van der Waals surface area contributed by atoms with Crippen LogP contribution in [0, 0.1) is 5.92 Å². The van der Waals surface area contributed by atoms with E-state index in [0.29, 0.717) is 12.0 Å². The Bertz CT molecular complexity index is 1710. The van der Waals surface area contributed by atoms with Gasteiger partial charge in [-0.2, -0.15) is 0 Å². The van der Waals surface area contributed by atoms with E-state index in [2.05, 4.69) is 25.9 Å². The first-order valence-electron chi connectivity index (χ1n) is 15.1. The summed E-state index contributed by atoms with van der Waals surface area (Å²) < 4.78 is 0. The van der Waals surface area contributed by atoms with Crippen molar-refractivity contribution in [1.29, 1.82) is 0 Å². The van der Waals surface area contributed by atoms with Gasteiger partial charge in [0.2, 0.25) is 17.7 Å². The number of hydrogen-bond acceptors (Lipinski definition) is 6. The fraction of sp³-hybridized carbons (Fsp3) is 0.364. The van der Waals surface area contributed by atoms with E-state index >= 15 is 0 Å². The number of carboxylic acids is 2. The van der Waals surface area contributed by atoms with E-state index < -0.39 is 60.2 Å². The molecule has 0 aliphatic carbocycles. The van der Waals surface area contributed by atoms with E-state index in [1.807, 2.05) is 62.4 Å². The number of aliphatic carboxylic acids is 2. The number of nitrogens with one attached hydrogen (secondary N) is 5. The van der Waals surface area contributed by atoms with Crippen molar-refractivity contribution in [3.63, 3.8) is 0 Å². The molecule has 2 aromatic heterocycles. The summed E-state index contributed by atoms with van der Waals surface area (Å²) >= 11 is 0. The van der Waals surface area contributed by atoms with Crippen LogP contribution < -0.4 is 21.7 Å². The number of carbonyl (C=O) groups is 5. The number of aromatic amines is 2. The van der Waals surface area contributed by atoms with Crippen molar-refractivity contribution in [3.05, 3.63) is 72.1 Å². The van der Waals surface area contributed by atoms with E-state index in [4.69, 9.17) is 10.8 Å². The van der Waals surface area contributed by atoms with Crippen molar-refractivity contribution in [2.75, 3.05) is 0 Å². The molecule has 0 fully saturated rings. The van der Waals surface area contributed by atoms with Gasteiger partial charge in [-0.25, -0.2) is 4.79 Å². The number of para-hydroxylation sites is 2. The minimum absolute atomic E-state index is 0.0204. The summed E-state index contributed by atoms with van der Waals surface area (Å²) in [4.78, 5) is 70.0. The van der Waals surface area contributed by atoms with Crippen LogP contribution in [0.2, 0.25) is 0 Å². The van der Waals surface area contributed by atoms with Gasteiger partial charge in [-0.3, -0.25) is 19.2 Å². The number of carbonyl (C=O) groups excluding carboxylic acids is 3. The van der Waals surface area contributed by atoms with Crippen molar-refractivity contribution < 1.29 is 34.2 Å². The molecule has 0 radical (unpaired) electrons. The zero-order valence-electron chi connectivity index (χ0n) is 25.7. The van der Waals surface area contributed by atoms with Crippen molar-refractivity contribution in [3.8, 4) is 0 Å². The van der Waals surface area contributed by atoms with Gasteiger partial charge in [0.25, 0.3) is 0 Å². The van der Waals surface area contributed by atoms with Gasteiger partial charge >= 0.3 is 11.9 Å². The Morgan fingerprint density at radius 1 is 0.717 bits per heavy atom. The Hall–Kier alpha value is -5.17. The molecule has 0 saturated heterocycles. The summed E-state index contributed by atoms with van der Waals surface area (Å²) in [7, 11) is 0. The quantitative estimate of drug-likeness (QED) is 0.0913. The van der Waals surface area contributed by atoms with Gasteiger partial charge in [-0.15, -0.1) is 0 Å². The van der Waals surface area contributed by atoms with Gasteiger partial charge < -0.3 is 41.9 Å². The molecule has 13 heteroatoms. The molecule has 2 heterocycles. The van der Waals surface area contributed by atoms with Gasteiger partial charge in [0.15, 0.2) is 0 Å². The van der Waals surface area contributed by atoms with Gasteiger partial charge in [0.05, 0.1) is 6.04 Å². The van der Waals surface area contributed by atoms with Gasteiger partial charge in [-0.1, -0.05) is 50.2 Å². The first kappa shape index (κ1) is 33.7. The molecule has 9 N–H and O–H groups in total. The Labute approximate surface area is 265 Å². The maximum Gasteiger partial charge on any atom is 0.326 e. The average molecular weight is 633 g/mol. The lowest BCUT2D eigenvalue weighted by molar-refractivity contribution is -0.143. The molecular formula is C33H40N6O7. The molecule has 2 aromatic carbocycles. The molecule has 4 atom stereocenters. The maximum atomic E-state index is 14.0. The number of hydrogen-bond donors (Lipinski definition) is 8. The Morgan fingerprint density at radius 2 is 1.17 bits per heavy atom. The van der Waals surface area contributed by atoms with E-state index in [1.165, 1.54) is 0 Å². The second-order valence-electron chi connectivity index (χ2n) is 11.8. The Balaban J connectivity index is 1.64. The zero-order valence-corrected chi connectivity index (χ0v) is 25.7. The number of fused-ring (bicyclic) bond motifs is 2. The number of nitrogens with two attached hydrogens (primary N) is 1. The van der Waals surface area contributed by atoms with Crippen molar-refractivity contribution in [2.24, 2.45) is 11.7 Å². The first-order valence-corrected chi connectivity index (χ1v) is 15.1. The number of benzene rings is 2. The molecule has 0 aliphatic heterocycles. The molecule has 46 heavy (non-hydrogen) atoms. The van der Waals surface area contributed by atoms with Gasteiger partial charge in [-0.05, 0) is 42.0 Å². The van der Waals surface area contributed by atoms with Crippen molar-refractivity contribution in [1.82, 2.24) is 25.9 Å². The van der Waals surface area contributed by atoms with Crippen LogP contribution in [-0.2, 0) is 36.8 Å². The second-order valence-corrected chi connectivity index (χ2v) is 11.8. The molecule has 0 bridgehead atoms. The Morgan fingerprint density at radius 3 is 1.63 bits per heavy atom. The Kier molecular flexibility index (Phi) is 11.2. The average Bonchev–Trinajstić information content (AvgIpc) is 3.61. The van der Waals surface area contributed by atoms with Crippen molar-refractivity contribution in [2.45, 2.75) is 70.1 Å². The SMILES string of the molecule is CC(C)CC(N)C(=O)NC(Cc1c[nH]c2ccccc12)C(=O)NC(Cc1c[nH]c2ccccc12)C(=O)NC(CCC(=O)O)C(=O)O. The lowest BCUT2D eigenvalue weighted by Gasteiger charge is -2.25. The van der Waals surface area contributed by atoms with Crippen molar-refractivity contribution >= 4 is 51.5 Å². The van der Waals surface area contributed by atoms with E-state index in [0.717, 1.165) is 27.4 Å². The van der Waals surface area contributed by atoms with E-state index in [-0.39, 0.29) is 25.2 Å². The molecule has 3 amide bonds. The fourth-order valence-electron chi connectivity index (χ4n) is 5.42. The van der Waals surface area contributed by atoms with Crippen LogP contribution in [0.4, 0.5) is 0 Å². The third-order valence-electron chi connectivity index (χ3n) is 7.79. The normalized spacial score (nSPS) is 14.0. The lowest BCUT2D eigenvalue weighted by Crippen LogP contribution is -2.58. The van der Waals surface area contributed by atoms with Crippen LogP contribution >= 0.6 is 0 Å². The van der Waals surface area contributed by atoms with Crippen LogP contribution in [0.15, 0.2) is 60.9 Å². The largest absolute Gasteiger partial charge is 0.481 e. The van der Waals surface area contributed by atoms with Crippen LogP contribution in [0.1, 0.15) is 44.2 Å². The highest BCUT2D eigenvalue weighted by Gasteiger charge is 2.32. The fourth-order valence-corrected chi connectivity index (χ4v) is 5.42. The number of rotatable bonds is 16. The predicted octanol–water partition coefficient (Wildman–Crippen LogP) is 2.21. The number of aromatic nitrogens is 2. The monoisotopic (exact) mass is 632 g/mol. The molecule has 13 nitrogen and oxygen atoms in total. The molecule has 4 rings (SSSR count). The minimum atomic E-state index is -1.50. The summed E-state index contributed by atoms with van der Waals surface area (Å²) in [5, 5.41) is 28.3. The maximum absolute atomic E-state index is 14.0. The third kappa shape index (κ3) is 8.72. The molecule has 4 unspecified atom stereocenters. The third-order valence-corrected chi connectivity index (χ3v) is 7.79. The number of amides is 3. The summed E-state index contributed by atoms with van der Waals surface area (Å²) in [5.74, 6) is -4.50. The van der Waals surface area contributed by atoms with E-state index in [1.54, 1.807) is 12.4 Å². The standard InChI is InChI=1S/C33H40N6O7/c1-18(2)13-23(34)30(42)38-27(14-19-16-35-24-9-5-3-7-21(19)24)32(44)39-28(15-20-17-36-25-10-6-4-8-22(20)25)31(43)37-26(33(45)46)11-12-29(40)41/h3-10,16-18,23,26-28,35-36H,11-15,34H2,1-2H3,(H,37,43)(H,38,42)(H,39,44)(H,40,41)(H,45,46). The van der Waals surface area contributed by atoms with Crippen LogP contribution in [0.5, 0.6) is 0 Å². The van der Waals surface area contributed by atoms with Gasteiger partial charge in [0.1, 0.15) is 18.1 Å². The summed E-state index contributed by atoms with van der Waals surface area (Å²) in [6.45, 7) is 3.86. The summed E-state index contributed by atoms with van der Waals surface area (Å²) in [6.07, 6.45) is 3.07. The van der Waals surface area contributed by atoms with Gasteiger partial charge in [0, 0.05) is 53.5 Å². The highest BCUT2D eigenvalue weighted by molar-refractivity contribution is 5.95. The highest BCUT2D eigenvalue weighted by Crippen LogP contribution is 2.21. The van der Waals surface area contributed by atoms with Crippen LogP contribution in [-0.4, -0.2) is 74.0 Å². The molecular weight excluding hydrogens is 592 g/mol. The lowest BCUT2D eigenvalue weighted by atomic mass is 10.00.